The fraction of sp³-hybridized carbons (Fsp3) is 0.105. The number of fused-ring (bicyclic) bond motifs is 2. The van der Waals surface area contributed by atoms with Crippen molar-refractivity contribution in [3.8, 4) is 0 Å². The van der Waals surface area contributed by atoms with Crippen molar-refractivity contribution in [3.05, 3.63) is 58.8 Å². The van der Waals surface area contributed by atoms with E-state index in [-0.39, 0.29) is 5.91 Å². The third-order valence-electron chi connectivity index (χ3n) is 4.55. The van der Waals surface area contributed by atoms with E-state index in [4.69, 9.17) is 0 Å². The average Bonchev–Trinajstić information content (AvgIpc) is 3.21. The maximum atomic E-state index is 12.7. The van der Waals surface area contributed by atoms with Crippen LogP contribution < -0.4 is 19.8 Å². The molecule has 0 fully saturated rings. The number of thiophene rings is 1. The predicted molar refractivity (Wildman–Crippen MR) is 120 cm³/mol. The van der Waals surface area contributed by atoms with Gasteiger partial charge in [-0.1, -0.05) is 6.58 Å². The zero-order valence-corrected chi connectivity index (χ0v) is 17.8. The Hall–Kier alpha value is -3.44. The van der Waals surface area contributed by atoms with E-state index in [2.05, 4.69) is 26.6 Å². The summed E-state index contributed by atoms with van der Waals surface area (Å²) in [6.07, 6.45) is 1.60. The van der Waals surface area contributed by atoms with Gasteiger partial charge in [0.1, 0.15) is 10.6 Å². The van der Waals surface area contributed by atoms with E-state index >= 15 is 0 Å². The summed E-state index contributed by atoms with van der Waals surface area (Å²) in [5.41, 5.74) is 2.48. The molecule has 1 aliphatic heterocycles. The van der Waals surface area contributed by atoms with Crippen LogP contribution in [0.2, 0.25) is 0 Å². The van der Waals surface area contributed by atoms with Gasteiger partial charge < -0.3 is 15.1 Å². The van der Waals surface area contributed by atoms with Crippen LogP contribution in [0, 0.1) is 0 Å². The zero-order valence-electron chi connectivity index (χ0n) is 16.2. The quantitative estimate of drug-likeness (QED) is 0.622. The molecule has 0 unspecified atom stereocenters. The molecule has 2 aromatic heterocycles. The van der Waals surface area contributed by atoms with Crippen molar-refractivity contribution in [2.75, 3.05) is 33.9 Å². The summed E-state index contributed by atoms with van der Waals surface area (Å²) in [6.45, 7) is 3.26. The predicted octanol–water partition coefficient (Wildman–Crippen LogP) is 3.52. The molecule has 11 heteroatoms. The third kappa shape index (κ3) is 3.60. The van der Waals surface area contributed by atoms with Crippen molar-refractivity contribution in [1.82, 2.24) is 9.97 Å². The average molecular weight is 443 g/mol. The van der Waals surface area contributed by atoms with E-state index in [1.54, 1.807) is 42.4 Å². The SMILES string of the molecule is C=CS(=O)(=O)Nc1ccc(Nc2ncc3c(n2)N(C)c2ccsc2C(=O)N3C)cc1. The molecule has 0 atom stereocenters. The first kappa shape index (κ1) is 19.9. The van der Waals surface area contributed by atoms with Gasteiger partial charge in [-0.25, -0.2) is 13.4 Å². The van der Waals surface area contributed by atoms with Gasteiger partial charge in [0.25, 0.3) is 15.9 Å². The second kappa shape index (κ2) is 7.43. The van der Waals surface area contributed by atoms with E-state index in [1.165, 1.54) is 11.3 Å². The van der Waals surface area contributed by atoms with E-state index in [0.717, 1.165) is 11.1 Å². The summed E-state index contributed by atoms with van der Waals surface area (Å²) in [6, 6.07) is 8.52. The van der Waals surface area contributed by atoms with Gasteiger partial charge in [0.2, 0.25) is 5.95 Å². The molecular formula is C19H18N6O3S2. The molecule has 30 heavy (non-hydrogen) atoms. The van der Waals surface area contributed by atoms with E-state index in [9.17, 15) is 13.2 Å². The Bertz CT molecular complexity index is 1240. The molecule has 0 bridgehead atoms. The molecule has 1 aromatic carbocycles. The van der Waals surface area contributed by atoms with Crippen LogP contribution in [0.3, 0.4) is 0 Å². The number of benzene rings is 1. The molecule has 0 spiro atoms. The van der Waals surface area contributed by atoms with Crippen LogP contribution in [-0.4, -0.2) is 38.4 Å². The fourth-order valence-corrected chi connectivity index (χ4v) is 4.41. The number of rotatable bonds is 5. The van der Waals surface area contributed by atoms with Crippen molar-refractivity contribution in [3.63, 3.8) is 0 Å². The molecule has 154 valence electrons. The van der Waals surface area contributed by atoms with Gasteiger partial charge in [-0.15, -0.1) is 11.3 Å². The van der Waals surface area contributed by atoms with Crippen LogP contribution in [-0.2, 0) is 10.0 Å². The van der Waals surface area contributed by atoms with Crippen molar-refractivity contribution < 1.29 is 13.2 Å². The van der Waals surface area contributed by atoms with Gasteiger partial charge in [-0.05, 0) is 35.7 Å². The summed E-state index contributed by atoms with van der Waals surface area (Å²) in [4.78, 5) is 25.7. The molecule has 9 nitrogen and oxygen atoms in total. The molecule has 2 N–H and O–H groups in total. The van der Waals surface area contributed by atoms with Gasteiger partial charge in [0, 0.05) is 30.9 Å². The Kier molecular flexibility index (Phi) is 4.92. The summed E-state index contributed by atoms with van der Waals surface area (Å²) >= 11 is 1.39. The van der Waals surface area contributed by atoms with Crippen LogP contribution >= 0.6 is 11.3 Å². The summed E-state index contributed by atoms with van der Waals surface area (Å²) in [5.74, 6) is 0.836. The molecule has 4 rings (SSSR count). The lowest BCUT2D eigenvalue weighted by atomic mass is 10.3. The molecule has 0 aliphatic carbocycles. The number of hydrogen-bond acceptors (Lipinski definition) is 8. The molecule has 0 saturated carbocycles. The molecule has 1 amide bonds. The highest BCUT2D eigenvalue weighted by Gasteiger charge is 2.30. The zero-order chi connectivity index (χ0) is 21.5. The van der Waals surface area contributed by atoms with Gasteiger partial charge in [-0.3, -0.25) is 9.52 Å². The highest BCUT2D eigenvalue weighted by molar-refractivity contribution is 7.95. The first-order chi connectivity index (χ1) is 14.3. The van der Waals surface area contributed by atoms with Gasteiger partial charge in [-0.2, -0.15) is 4.98 Å². The van der Waals surface area contributed by atoms with E-state index in [0.29, 0.717) is 33.7 Å². The number of hydrogen-bond donors (Lipinski definition) is 2. The van der Waals surface area contributed by atoms with Crippen molar-refractivity contribution in [2.45, 2.75) is 0 Å². The molecule has 3 aromatic rings. The number of anilines is 6. The van der Waals surface area contributed by atoms with Gasteiger partial charge >= 0.3 is 0 Å². The van der Waals surface area contributed by atoms with Crippen molar-refractivity contribution >= 4 is 61.8 Å². The Balaban J connectivity index is 1.62. The minimum absolute atomic E-state index is 0.104. The van der Waals surface area contributed by atoms with Crippen LogP contribution in [0.1, 0.15) is 9.67 Å². The standard InChI is InChI=1S/C19H18N6O3S2/c1-4-30(27,28)23-13-7-5-12(6-8-13)21-19-20-11-15-17(22-19)24(2)14-9-10-29-16(14)18(26)25(15)3/h4-11,23H,1H2,2-3H3,(H,20,21,22). The van der Waals surface area contributed by atoms with Crippen LogP contribution in [0.5, 0.6) is 0 Å². The number of carbonyl (C=O) groups is 1. The lowest BCUT2D eigenvalue weighted by Gasteiger charge is -2.20. The second-order valence-electron chi connectivity index (χ2n) is 6.48. The fourth-order valence-electron chi connectivity index (χ4n) is 2.97. The van der Waals surface area contributed by atoms with Gasteiger partial charge in [0.15, 0.2) is 5.82 Å². The first-order valence-electron chi connectivity index (χ1n) is 8.78. The maximum absolute atomic E-state index is 12.7. The minimum Gasteiger partial charge on any atom is -0.326 e. The second-order valence-corrected chi connectivity index (χ2v) is 9.02. The minimum atomic E-state index is -3.56. The smallest absolute Gasteiger partial charge is 0.270 e. The molecule has 1 aliphatic rings. The first-order valence-corrected chi connectivity index (χ1v) is 11.2. The molecular weight excluding hydrogens is 424 g/mol. The van der Waals surface area contributed by atoms with Gasteiger partial charge in [0.05, 0.1) is 11.9 Å². The maximum Gasteiger partial charge on any atom is 0.270 e. The summed E-state index contributed by atoms with van der Waals surface area (Å²) in [5, 5.41) is 5.82. The summed E-state index contributed by atoms with van der Waals surface area (Å²) < 4.78 is 25.5. The Morgan fingerprint density at radius 1 is 1.07 bits per heavy atom. The highest BCUT2D eigenvalue weighted by Crippen LogP contribution is 2.40. The number of sulfonamides is 1. The van der Waals surface area contributed by atoms with E-state index in [1.807, 2.05) is 23.4 Å². The number of carbonyl (C=O) groups excluding carboxylic acids is 1. The monoisotopic (exact) mass is 442 g/mol. The van der Waals surface area contributed by atoms with Crippen molar-refractivity contribution in [2.24, 2.45) is 0 Å². The van der Waals surface area contributed by atoms with E-state index < -0.39 is 10.0 Å². The molecule has 0 saturated heterocycles. The Labute approximate surface area is 177 Å². The topological polar surface area (TPSA) is 108 Å². The molecule has 3 heterocycles. The largest absolute Gasteiger partial charge is 0.326 e. The Morgan fingerprint density at radius 2 is 1.77 bits per heavy atom. The number of aromatic nitrogens is 2. The normalized spacial score (nSPS) is 13.3. The lowest BCUT2D eigenvalue weighted by molar-refractivity contribution is 0.0998. The van der Waals surface area contributed by atoms with Crippen LogP contribution in [0.15, 0.2) is 53.9 Å². The number of amides is 1. The summed E-state index contributed by atoms with van der Waals surface area (Å²) in [7, 11) is -0.00854. The number of nitrogens with zero attached hydrogens (tertiary/aromatic N) is 4. The number of nitrogens with one attached hydrogen (secondary N) is 2. The highest BCUT2D eigenvalue weighted by atomic mass is 32.2. The lowest BCUT2D eigenvalue weighted by Crippen LogP contribution is -2.25. The third-order valence-corrected chi connectivity index (χ3v) is 6.41. The Morgan fingerprint density at radius 3 is 2.47 bits per heavy atom. The van der Waals surface area contributed by atoms with Crippen LogP contribution in [0.25, 0.3) is 0 Å². The van der Waals surface area contributed by atoms with Crippen LogP contribution in [0.4, 0.5) is 34.5 Å². The van der Waals surface area contributed by atoms with Crippen molar-refractivity contribution in [1.29, 1.82) is 0 Å². The molecule has 0 radical (unpaired) electrons.